The molecule has 0 aromatic heterocycles. The smallest absolute Gasteiger partial charge is 0.335 e. The van der Waals surface area contributed by atoms with Crippen molar-refractivity contribution in [2.24, 2.45) is 4.99 Å². The first-order chi connectivity index (χ1) is 16.7. The maximum Gasteiger partial charge on any atom is 0.335 e. The molecule has 0 bridgehead atoms. The number of aromatic carboxylic acids is 1. The predicted molar refractivity (Wildman–Crippen MR) is 141 cm³/mol. The van der Waals surface area contributed by atoms with E-state index in [2.05, 4.69) is 4.99 Å². The number of carboxylic acids is 1. The molecule has 3 aromatic rings. The molecule has 1 saturated heterocycles. The van der Waals surface area contributed by atoms with Crippen molar-refractivity contribution in [3.05, 3.63) is 97.3 Å². The molecule has 0 spiro atoms. The maximum absolute atomic E-state index is 12.8. The summed E-state index contributed by atoms with van der Waals surface area (Å²) in [5.41, 5.74) is 2.07. The van der Waals surface area contributed by atoms with Crippen molar-refractivity contribution in [3.63, 3.8) is 0 Å². The van der Waals surface area contributed by atoms with E-state index in [1.807, 2.05) is 12.1 Å². The fourth-order valence-corrected chi connectivity index (χ4v) is 4.88. The molecule has 178 valence electrons. The van der Waals surface area contributed by atoms with E-state index < -0.39 is 5.97 Å². The highest BCUT2D eigenvalue weighted by Crippen LogP contribution is 2.38. The topological polar surface area (TPSA) is 79.2 Å². The third kappa shape index (κ3) is 6.00. The van der Waals surface area contributed by atoms with Gasteiger partial charge in [0.05, 0.1) is 26.2 Å². The van der Waals surface area contributed by atoms with E-state index in [0.717, 1.165) is 5.56 Å². The van der Waals surface area contributed by atoms with E-state index in [4.69, 9.17) is 39.5 Å². The van der Waals surface area contributed by atoms with Crippen LogP contribution < -0.4 is 4.74 Å². The molecule has 1 aliphatic rings. The molecule has 1 fully saturated rings. The minimum Gasteiger partial charge on any atom is -0.486 e. The average molecular weight is 548 g/mol. The molecule has 1 amide bonds. The van der Waals surface area contributed by atoms with Crippen molar-refractivity contribution < 1.29 is 19.4 Å². The van der Waals surface area contributed by atoms with Crippen molar-refractivity contribution in [2.45, 2.75) is 6.61 Å². The summed E-state index contributed by atoms with van der Waals surface area (Å²) >= 11 is 19.9. The predicted octanol–water partition coefficient (Wildman–Crippen LogP) is 7.16. The molecular weight excluding hydrogens is 531 g/mol. The highest BCUT2D eigenvalue weighted by molar-refractivity contribution is 8.18. The van der Waals surface area contributed by atoms with Gasteiger partial charge in [0.15, 0.2) is 10.9 Å². The third-order valence-electron chi connectivity index (χ3n) is 4.94. The van der Waals surface area contributed by atoms with Gasteiger partial charge in [0, 0.05) is 12.1 Å². The molecule has 4 rings (SSSR count). The van der Waals surface area contributed by atoms with Gasteiger partial charge in [-0.15, -0.1) is 0 Å². The van der Waals surface area contributed by atoms with E-state index in [0.29, 0.717) is 42.1 Å². The zero-order valence-electron chi connectivity index (χ0n) is 18.2. The number of carbonyl (C=O) groups is 2. The number of aliphatic imine (C=N–C) groups is 1. The van der Waals surface area contributed by atoms with E-state index in [1.165, 1.54) is 28.8 Å². The largest absolute Gasteiger partial charge is 0.486 e. The summed E-state index contributed by atoms with van der Waals surface area (Å²) in [4.78, 5) is 30.2. The molecule has 1 N–H and O–H groups in total. The van der Waals surface area contributed by atoms with Crippen LogP contribution in [0, 0.1) is 0 Å². The molecule has 3 aromatic carbocycles. The maximum atomic E-state index is 12.8. The Morgan fingerprint density at radius 2 is 1.77 bits per heavy atom. The Labute approximate surface area is 220 Å². The molecule has 10 heteroatoms. The van der Waals surface area contributed by atoms with Crippen molar-refractivity contribution in [1.82, 2.24) is 4.90 Å². The zero-order chi connectivity index (χ0) is 25.1. The Morgan fingerprint density at radius 1 is 1.09 bits per heavy atom. The van der Waals surface area contributed by atoms with Gasteiger partial charge in [-0.1, -0.05) is 53.0 Å². The summed E-state index contributed by atoms with van der Waals surface area (Å²) in [5.74, 6) is -0.961. The first kappa shape index (κ1) is 25.1. The Hall–Kier alpha value is -2.97. The first-order valence-corrected chi connectivity index (χ1v) is 12.1. The Bertz CT molecular complexity index is 1350. The lowest BCUT2D eigenvalue weighted by Gasteiger charge is -2.11. The molecule has 1 heterocycles. The second-order valence-electron chi connectivity index (χ2n) is 7.45. The summed E-state index contributed by atoms with van der Waals surface area (Å²) in [6.07, 6.45) is 1.67. The van der Waals surface area contributed by atoms with Crippen LogP contribution in [-0.4, -0.2) is 34.1 Å². The molecule has 0 unspecified atom stereocenters. The fraction of sp³-hybridized carbons (Fsp3) is 0.0800. The lowest BCUT2D eigenvalue weighted by molar-refractivity contribution is -0.121. The van der Waals surface area contributed by atoms with Crippen LogP contribution in [0.25, 0.3) is 6.08 Å². The van der Waals surface area contributed by atoms with Crippen molar-refractivity contribution in [2.75, 3.05) is 7.05 Å². The number of nitrogens with zero attached hydrogens (tertiary/aromatic N) is 2. The van der Waals surface area contributed by atoms with Gasteiger partial charge in [0.2, 0.25) is 0 Å². The number of hydrogen-bond donors (Lipinski definition) is 1. The van der Waals surface area contributed by atoms with Gasteiger partial charge in [0.25, 0.3) is 5.91 Å². The lowest BCUT2D eigenvalue weighted by Crippen LogP contribution is -2.23. The van der Waals surface area contributed by atoms with Gasteiger partial charge in [0.1, 0.15) is 6.61 Å². The molecule has 0 saturated carbocycles. The van der Waals surface area contributed by atoms with Crippen LogP contribution in [0.2, 0.25) is 15.1 Å². The first-order valence-electron chi connectivity index (χ1n) is 10.2. The summed E-state index contributed by atoms with van der Waals surface area (Å²) in [6, 6.07) is 16.7. The molecule has 6 nitrogen and oxygen atoms in total. The molecular formula is C25H17Cl3N2O4S. The number of amidine groups is 1. The van der Waals surface area contributed by atoms with Gasteiger partial charge in [-0.3, -0.25) is 9.69 Å². The van der Waals surface area contributed by atoms with E-state index in [1.54, 1.807) is 49.5 Å². The number of hydrogen-bond acceptors (Lipinski definition) is 5. The van der Waals surface area contributed by atoms with Gasteiger partial charge in [-0.05, 0) is 71.4 Å². The number of rotatable bonds is 6. The quantitative estimate of drug-likeness (QED) is 0.331. The van der Waals surface area contributed by atoms with Crippen molar-refractivity contribution >= 4 is 75.4 Å². The van der Waals surface area contributed by atoms with Crippen molar-refractivity contribution in [3.8, 4) is 5.75 Å². The highest BCUT2D eigenvalue weighted by Gasteiger charge is 2.30. The number of ether oxygens (including phenoxy) is 1. The summed E-state index contributed by atoms with van der Waals surface area (Å²) < 4.78 is 5.80. The number of carboxylic acid groups (broad SMARTS) is 1. The zero-order valence-corrected chi connectivity index (χ0v) is 21.3. The molecule has 1 aliphatic heterocycles. The number of benzene rings is 3. The second kappa shape index (κ2) is 10.7. The van der Waals surface area contributed by atoms with E-state index in [9.17, 15) is 14.7 Å². The third-order valence-corrected chi connectivity index (χ3v) is 6.81. The SMILES string of the molecule is CN1C(=O)/C(=C/c2cc(Cl)c(OCc3ccc(Cl)cc3)c(Cl)c2)SC1=Nc1cccc(C(=O)O)c1. The standard InChI is InChI=1S/C25H17Cl3N2O4S/c1-30-23(31)21(35-25(30)29-18-4-2-3-16(12-18)24(32)33)11-15-9-19(27)22(20(28)10-15)34-13-14-5-7-17(26)8-6-14/h2-12H,13H2,1H3,(H,32,33)/b21-11-,29-25?. The van der Waals surface area contributed by atoms with Crippen LogP contribution in [0.4, 0.5) is 5.69 Å². The van der Waals surface area contributed by atoms with Gasteiger partial charge in [-0.2, -0.15) is 0 Å². The Kier molecular flexibility index (Phi) is 7.72. The van der Waals surface area contributed by atoms with Crippen LogP contribution in [0.3, 0.4) is 0 Å². The number of halogens is 3. The monoisotopic (exact) mass is 546 g/mol. The minimum atomic E-state index is -1.05. The van der Waals surface area contributed by atoms with Crippen molar-refractivity contribution in [1.29, 1.82) is 0 Å². The van der Waals surface area contributed by atoms with E-state index >= 15 is 0 Å². The van der Waals surface area contributed by atoms with Crippen LogP contribution in [0.5, 0.6) is 5.75 Å². The number of thioether (sulfide) groups is 1. The van der Waals surface area contributed by atoms with Gasteiger partial charge < -0.3 is 9.84 Å². The summed E-state index contributed by atoms with van der Waals surface area (Å²) in [6.45, 7) is 0.263. The lowest BCUT2D eigenvalue weighted by atomic mass is 10.2. The normalized spacial score (nSPS) is 15.8. The second-order valence-corrected chi connectivity index (χ2v) is 9.71. The van der Waals surface area contributed by atoms with Gasteiger partial charge in [-0.25, -0.2) is 9.79 Å². The number of carbonyl (C=O) groups excluding carboxylic acids is 1. The number of likely N-dealkylation sites (N-methyl/N-ethyl adjacent to an activating group) is 1. The molecule has 0 atom stereocenters. The van der Waals surface area contributed by atoms with Crippen LogP contribution in [0.15, 0.2) is 70.6 Å². The van der Waals surface area contributed by atoms with E-state index in [-0.39, 0.29) is 18.1 Å². The fourth-order valence-electron chi connectivity index (χ4n) is 3.16. The Morgan fingerprint density at radius 3 is 2.43 bits per heavy atom. The van der Waals surface area contributed by atoms with Crippen LogP contribution in [-0.2, 0) is 11.4 Å². The summed E-state index contributed by atoms with van der Waals surface area (Å²) in [5, 5.41) is 10.8. The molecule has 0 radical (unpaired) electrons. The average Bonchev–Trinajstić information content (AvgIpc) is 3.07. The highest BCUT2D eigenvalue weighted by atomic mass is 35.5. The van der Waals surface area contributed by atoms with Crippen LogP contribution in [0.1, 0.15) is 21.5 Å². The van der Waals surface area contributed by atoms with Gasteiger partial charge >= 0.3 is 5.97 Å². The minimum absolute atomic E-state index is 0.113. The number of amides is 1. The Balaban J connectivity index is 1.54. The van der Waals surface area contributed by atoms with Crippen LogP contribution >= 0.6 is 46.6 Å². The molecule has 0 aliphatic carbocycles. The summed E-state index contributed by atoms with van der Waals surface area (Å²) in [7, 11) is 1.60. The molecule has 35 heavy (non-hydrogen) atoms.